The molecular weight excluding hydrogens is 342 g/mol. The maximum atomic E-state index is 6.39. The molecule has 5 heteroatoms. The van der Waals surface area contributed by atoms with Crippen molar-refractivity contribution in [2.24, 2.45) is 5.73 Å². The Morgan fingerprint density at radius 3 is 2.25 bits per heavy atom. The molecule has 2 N–H and O–H groups in total. The lowest BCUT2D eigenvalue weighted by atomic mass is 9.97. The highest BCUT2D eigenvalue weighted by Gasteiger charge is 2.21. The Hall–Kier alpha value is -1.23. The number of hydrogen-bond acceptors (Lipinski definition) is 3. The standard InChI is InChI=1S/C15H15BrClNO2/c1-19-12-4-3-5-13(20-2)14(12)15(18)10-8-9(17)6-7-11(10)16/h3-8,15H,18H2,1-2H3. The fourth-order valence-corrected chi connectivity index (χ4v) is 2.77. The van der Waals surface area contributed by atoms with E-state index in [0.717, 1.165) is 15.6 Å². The molecule has 0 saturated carbocycles. The van der Waals surface area contributed by atoms with Gasteiger partial charge in [-0.3, -0.25) is 0 Å². The molecule has 0 fully saturated rings. The molecule has 0 aliphatic rings. The van der Waals surface area contributed by atoms with Crippen molar-refractivity contribution >= 4 is 27.5 Å². The van der Waals surface area contributed by atoms with Crippen LogP contribution >= 0.6 is 27.5 Å². The van der Waals surface area contributed by atoms with Gasteiger partial charge in [0.2, 0.25) is 0 Å². The zero-order valence-electron chi connectivity index (χ0n) is 11.2. The Morgan fingerprint density at radius 2 is 1.70 bits per heavy atom. The minimum atomic E-state index is -0.408. The topological polar surface area (TPSA) is 44.5 Å². The molecule has 2 aromatic carbocycles. The highest BCUT2D eigenvalue weighted by atomic mass is 79.9. The van der Waals surface area contributed by atoms with E-state index in [-0.39, 0.29) is 0 Å². The summed E-state index contributed by atoms with van der Waals surface area (Å²) in [5.41, 5.74) is 8.06. The summed E-state index contributed by atoms with van der Waals surface area (Å²) in [4.78, 5) is 0. The van der Waals surface area contributed by atoms with E-state index in [2.05, 4.69) is 15.9 Å². The second kappa shape index (κ2) is 6.48. The van der Waals surface area contributed by atoms with Crippen LogP contribution < -0.4 is 15.2 Å². The first-order valence-corrected chi connectivity index (χ1v) is 7.17. The van der Waals surface area contributed by atoms with Crippen molar-refractivity contribution in [3.8, 4) is 11.5 Å². The number of hydrogen-bond donors (Lipinski definition) is 1. The molecular formula is C15H15BrClNO2. The lowest BCUT2D eigenvalue weighted by molar-refractivity contribution is 0.382. The summed E-state index contributed by atoms with van der Waals surface area (Å²) in [7, 11) is 3.22. The van der Waals surface area contributed by atoms with Gasteiger partial charge in [-0.2, -0.15) is 0 Å². The zero-order chi connectivity index (χ0) is 14.7. The summed E-state index contributed by atoms with van der Waals surface area (Å²) in [5, 5.41) is 0.632. The van der Waals surface area contributed by atoms with Crippen LogP contribution in [0.1, 0.15) is 17.2 Å². The summed E-state index contributed by atoms with van der Waals surface area (Å²) in [6.07, 6.45) is 0. The van der Waals surface area contributed by atoms with Crippen molar-refractivity contribution < 1.29 is 9.47 Å². The van der Waals surface area contributed by atoms with E-state index in [0.29, 0.717) is 16.5 Å². The number of halogens is 2. The molecule has 0 aliphatic heterocycles. The lowest BCUT2D eigenvalue weighted by Crippen LogP contribution is -2.15. The maximum Gasteiger partial charge on any atom is 0.127 e. The smallest absolute Gasteiger partial charge is 0.127 e. The summed E-state index contributed by atoms with van der Waals surface area (Å²) in [6.45, 7) is 0. The SMILES string of the molecule is COc1cccc(OC)c1C(N)c1cc(Cl)ccc1Br. The van der Waals surface area contributed by atoms with E-state index < -0.39 is 6.04 Å². The summed E-state index contributed by atoms with van der Waals surface area (Å²) in [6, 6.07) is 10.7. The van der Waals surface area contributed by atoms with Crippen LogP contribution in [0, 0.1) is 0 Å². The molecule has 0 bridgehead atoms. The maximum absolute atomic E-state index is 6.39. The molecule has 0 radical (unpaired) electrons. The Labute approximate surface area is 131 Å². The molecule has 0 amide bonds. The van der Waals surface area contributed by atoms with Crippen molar-refractivity contribution in [2.75, 3.05) is 14.2 Å². The molecule has 0 saturated heterocycles. The number of nitrogens with two attached hydrogens (primary N) is 1. The van der Waals surface area contributed by atoms with Crippen LogP contribution in [0.2, 0.25) is 5.02 Å². The molecule has 3 nitrogen and oxygen atoms in total. The van der Waals surface area contributed by atoms with E-state index in [9.17, 15) is 0 Å². The molecule has 1 atom stereocenters. The van der Waals surface area contributed by atoms with E-state index in [1.165, 1.54) is 0 Å². The highest BCUT2D eigenvalue weighted by Crippen LogP contribution is 2.38. The van der Waals surface area contributed by atoms with Gasteiger partial charge < -0.3 is 15.2 Å². The first-order valence-electron chi connectivity index (χ1n) is 6.00. The van der Waals surface area contributed by atoms with Gasteiger partial charge in [-0.15, -0.1) is 0 Å². The Balaban J connectivity index is 2.58. The van der Waals surface area contributed by atoms with Crippen molar-refractivity contribution in [2.45, 2.75) is 6.04 Å². The number of ether oxygens (including phenoxy) is 2. The second-order valence-electron chi connectivity index (χ2n) is 4.22. The normalized spacial score (nSPS) is 12.1. The molecule has 0 spiro atoms. The van der Waals surface area contributed by atoms with Gasteiger partial charge in [0.25, 0.3) is 0 Å². The van der Waals surface area contributed by atoms with Crippen LogP contribution in [0.4, 0.5) is 0 Å². The van der Waals surface area contributed by atoms with E-state index in [1.807, 2.05) is 30.3 Å². The first-order chi connectivity index (χ1) is 9.58. The van der Waals surface area contributed by atoms with Crippen LogP contribution in [0.15, 0.2) is 40.9 Å². The molecule has 2 rings (SSSR count). The highest BCUT2D eigenvalue weighted by molar-refractivity contribution is 9.10. The van der Waals surface area contributed by atoms with E-state index >= 15 is 0 Å². The van der Waals surface area contributed by atoms with E-state index in [4.69, 9.17) is 26.8 Å². The molecule has 20 heavy (non-hydrogen) atoms. The third-order valence-electron chi connectivity index (χ3n) is 3.07. The lowest BCUT2D eigenvalue weighted by Gasteiger charge is -2.20. The van der Waals surface area contributed by atoms with E-state index in [1.54, 1.807) is 20.3 Å². The fraction of sp³-hybridized carbons (Fsp3) is 0.200. The molecule has 0 aliphatic carbocycles. The van der Waals surface area contributed by atoms with Gasteiger partial charge in [0.15, 0.2) is 0 Å². The fourth-order valence-electron chi connectivity index (χ4n) is 2.09. The summed E-state index contributed by atoms with van der Waals surface area (Å²) < 4.78 is 11.7. The molecule has 0 heterocycles. The molecule has 0 aromatic heterocycles. The zero-order valence-corrected chi connectivity index (χ0v) is 13.5. The van der Waals surface area contributed by atoms with Crippen molar-refractivity contribution in [3.05, 3.63) is 57.0 Å². The van der Waals surface area contributed by atoms with Gasteiger partial charge >= 0.3 is 0 Å². The third kappa shape index (κ3) is 2.92. The molecule has 106 valence electrons. The minimum Gasteiger partial charge on any atom is -0.496 e. The first kappa shape index (κ1) is 15.2. The second-order valence-corrected chi connectivity index (χ2v) is 5.51. The Bertz CT molecular complexity index is 597. The minimum absolute atomic E-state index is 0.408. The average molecular weight is 357 g/mol. The van der Waals surface area contributed by atoms with Crippen molar-refractivity contribution in [1.29, 1.82) is 0 Å². The predicted octanol–water partition coefficient (Wildman–Crippen LogP) is 4.17. The van der Waals surface area contributed by atoms with Gasteiger partial charge in [-0.25, -0.2) is 0 Å². The molecule has 2 aromatic rings. The van der Waals surface area contributed by atoms with Gasteiger partial charge in [0, 0.05) is 9.50 Å². The number of methoxy groups -OCH3 is 2. The van der Waals surface area contributed by atoms with Crippen LogP contribution in [-0.4, -0.2) is 14.2 Å². The van der Waals surface area contributed by atoms with Crippen LogP contribution in [0.3, 0.4) is 0 Å². The summed E-state index contributed by atoms with van der Waals surface area (Å²) in [5.74, 6) is 1.37. The third-order valence-corrected chi connectivity index (χ3v) is 4.03. The largest absolute Gasteiger partial charge is 0.496 e. The van der Waals surface area contributed by atoms with Crippen LogP contribution in [0.5, 0.6) is 11.5 Å². The van der Waals surface area contributed by atoms with Gasteiger partial charge in [-0.1, -0.05) is 33.6 Å². The van der Waals surface area contributed by atoms with Gasteiger partial charge in [0.1, 0.15) is 11.5 Å². The Kier molecular flexibility index (Phi) is 4.91. The van der Waals surface area contributed by atoms with Crippen molar-refractivity contribution in [3.63, 3.8) is 0 Å². The Morgan fingerprint density at radius 1 is 1.10 bits per heavy atom. The average Bonchev–Trinajstić information content (AvgIpc) is 2.48. The number of rotatable bonds is 4. The predicted molar refractivity (Wildman–Crippen MR) is 84.7 cm³/mol. The summed E-state index contributed by atoms with van der Waals surface area (Å²) >= 11 is 9.56. The quantitative estimate of drug-likeness (QED) is 0.894. The molecule has 1 unspecified atom stereocenters. The van der Waals surface area contributed by atoms with Crippen molar-refractivity contribution in [1.82, 2.24) is 0 Å². The van der Waals surface area contributed by atoms with Crippen LogP contribution in [0.25, 0.3) is 0 Å². The number of benzene rings is 2. The van der Waals surface area contributed by atoms with Gasteiger partial charge in [-0.05, 0) is 35.9 Å². The van der Waals surface area contributed by atoms with Crippen LogP contribution in [-0.2, 0) is 0 Å². The van der Waals surface area contributed by atoms with Gasteiger partial charge in [0.05, 0.1) is 25.8 Å². The monoisotopic (exact) mass is 355 g/mol.